The fourth-order valence-corrected chi connectivity index (χ4v) is 2.01. The SMILES string of the molecule is Cc1ccc(C)c(OCC(=O)NNC(=O)Cc2ccccc2)c1. The smallest absolute Gasteiger partial charge is 0.276 e. The summed E-state index contributed by atoms with van der Waals surface area (Å²) in [5, 5.41) is 0. The minimum absolute atomic E-state index is 0.157. The number of hydrogen-bond acceptors (Lipinski definition) is 3. The Morgan fingerprint density at radius 1 is 0.957 bits per heavy atom. The van der Waals surface area contributed by atoms with Gasteiger partial charge < -0.3 is 4.74 Å². The Labute approximate surface area is 135 Å². The van der Waals surface area contributed by atoms with E-state index in [1.807, 2.05) is 62.4 Å². The van der Waals surface area contributed by atoms with Gasteiger partial charge in [0.25, 0.3) is 5.91 Å². The number of ether oxygens (including phenoxy) is 1. The van der Waals surface area contributed by atoms with Crippen molar-refractivity contribution in [1.82, 2.24) is 10.9 Å². The van der Waals surface area contributed by atoms with Crippen LogP contribution in [0.5, 0.6) is 5.75 Å². The van der Waals surface area contributed by atoms with Gasteiger partial charge in [0.15, 0.2) is 6.61 Å². The number of aryl methyl sites for hydroxylation is 2. The average Bonchev–Trinajstić information content (AvgIpc) is 2.54. The Morgan fingerprint density at radius 2 is 1.65 bits per heavy atom. The van der Waals surface area contributed by atoms with Gasteiger partial charge in [0.1, 0.15) is 5.75 Å². The van der Waals surface area contributed by atoms with Crippen molar-refractivity contribution in [3.8, 4) is 5.75 Å². The zero-order chi connectivity index (χ0) is 16.7. The van der Waals surface area contributed by atoms with Crippen LogP contribution < -0.4 is 15.6 Å². The largest absolute Gasteiger partial charge is 0.483 e. The highest BCUT2D eigenvalue weighted by Gasteiger charge is 2.07. The van der Waals surface area contributed by atoms with Crippen LogP contribution in [0, 0.1) is 13.8 Å². The summed E-state index contributed by atoms with van der Waals surface area (Å²) in [5.41, 5.74) is 7.61. The van der Waals surface area contributed by atoms with Gasteiger partial charge in [0.05, 0.1) is 6.42 Å². The third kappa shape index (κ3) is 5.47. The van der Waals surface area contributed by atoms with E-state index in [-0.39, 0.29) is 18.9 Å². The molecule has 0 heterocycles. The van der Waals surface area contributed by atoms with E-state index in [0.29, 0.717) is 5.75 Å². The van der Waals surface area contributed by atoms with Crippen molar-refractivity contribution in [2.24, 2.45) is 0 Å². The van der Waals surface area contributed by atoms with Gasteiger partial charge in [-0.05, 0) is 36.6 Å². The second-order valence-corrected chi connectivity index (χ2v) is 5.32. The van der Waals surface area contributed by atoms with Crippen LogP contribution in [0.15, 0.2) is 48.5 Å². The van der Waals surface area contributed by atoms with Gasteiger partial charge in [-0.2, -0.15) is 0 Å². The first-order valence-electron chi connectivity index (χ1n) is 7.36. The Morgan fingerprint density at radius 3 is 2.39 bits per heavy atom. The van der Waals surface area contributed by atoms with Crippen molar-refractivity contribution in [3.05, 3.63) is 65.2 Å². The van der Waals surface area contributed by atoms with Crippen LogP contribution in [0.2, 0.25) is 0 Å². The molecule has 0 aliphatic rings. The Balaban J connectivity index is 1.74. The molecule has 0 atom stereocenters. The van der Waals surface area contributed by atoms with Gasteiger partial charge in [0.2, 0.25) is 5.91 Å². The highest BCUT2D eigenvalue weighted by atomic mass is 16.5. The molecule has 5 heteroatoms. The lowest BCUT2D eigenvalue weighted by Crippen LogP contribution is -2.44. The van der Waals surface area contributed by atoms with Crippen LogP contribution in [-0.4, -0.2) is 18.4 Å². The second kappa shape index (κ2) is 7.98. The maximum atomic E-state index is 11.7. The Hall–Kier alpha value is -2.82. The van der Waals surface area contributed by atoms with Gasteiger partial charge in [-0.3, -0.25) is 20.4 Å². The number of hydrogen-bond donors (Lipinski definition) is 2. The minimum Gasteiger partial charge on any atom is -0.483 e. The molecule has 0 spiro atoms. The van der Waals surface area contributed by atoms with Crippen LogP contribution in [0.3, 0.4) is 0 Å². The lowest BCUT2D eigenvalue weighted by atomic mass is 10.1. The lowest BCUT2D eigenvalue weighted by molar-refractivity contribution is -0.129. The standard InChI is InChI=1S/C18H20N2O3/c1-13-8-9-14(2)16(10-13)23-12-18(22)20-19-17(21)11-15-6-4-3-5-7-15/h3-10H,11-12H2,1-2H3,(H,19,21)(H,20,22). The van der Waals surface area contributed by atoms with E-state index < -0.39 is 5.91 Å². The van der Waals surface area contributed by atoms with E-state index in [1.165, 1.54) is 0 Å². The molecule has 2 N–H and O–H groups in total. The molecule has 120 valence electrons. The molecule has 0 radical (unpaired) electrons. The van der Waals surface area contributed by atoms with Crippen LogP contribution in [-0.2, 0) is 16.0 Å². The van der Waals surface area contributed by atoms with Crippen LogP contribution in [0.25, 0.3) is 0 Å². The van der Waals surface area contributed by atoms with E-state index in [4.69, 9.17) is 4.74 Å². The summed E-state index contributed by atoms with van der Waals surface area (Å²) >= 11 is 0. The molecule has 0 saturated carbocycles. The third-order valence-electron chi connectivity index (χ3n) is 3.25. The maximum Gasteiger partial charge on any atom is 0.276 e. The molecular weight excluding hydrogens is 292 g/mol. The van der Waals surface area contributed by atoms with Crippen molar-refractivity contribution in [2.45, 2.75) is 20.3 Å². The van der Waals surface area contributed by atoms with Gasteiger partial charge >= 0.3 is 0 Å². The molecule has 0 aliphatic heterocycles. The zero-order valence-corrected chi connectivity index (χ0v) is 13.3. The normalized spacial score (nSPS) is 10.0. The van der Waals surface area contributed by atoms with Gasteiger partial charge in [-0.15, -0.1) is 0 Å². The first kappa shape index (κ1) is 16.5. The molecule has 0 saturated heterocycles. The lowest BCUT2D eigenvalue weighted by Gasteiger charge is -2.11. The zero-order valence-electron chi connectivity index (χ0n) is 13.3. The number of hydrazine groups is 1. The molecule has 2 aromatic rings. The summed E-state index contributed by atoms with van der Waals surface area (Å²) in [6, 6.07) is 15.1. The van der Waals surface area contributed by atoms with Gasteiger partial charge in [0, 0.05) is 0 Å². The van der Waals surface area contributed by atoms with E-state index in [9.17, 15) is 9.59 Å². The highest BCUT2D eigenvalue weighted by Crippen LogP contribution is 2.18. The summed E-state index contributed by atoms with van der Waals surface area (Å²) < 4.78 is 5.47. The Bertz CT molecular complexity index is 684. The number of nitrogens with one attached hydrogen (secondary N) is 2. The first-order valence-corrected chi connectivity index (χ1v) is 7.36. The van der Waals surface area contributed by atoms with Crippen LogP contribution in [0.1, 0.15) is 16.7 Å². The van der Waals surface area contributed by atoms with E-state index in [0.717, 1.165) is 16.7 Å². The molecule has 2 aromatic carbocycles. The molecule has 0 aliphatic carbocycles. The monoisotopic (exact) mass is 312 g/mol. The number of carbonyl (C=O) groups is 2. The molecule has 0 unspecified atom stereocenters. The Kier molecular flexibility index (Phi) is 5.74. The second-order valence-electron chi connectivity index (χ2n) is 5.32. The van der Waals surface area contributed by atoms with Crippen molar-refractivity contribution in [3.63, 3.8) is 0 Å². The highest BCUT2D eigenvalue weighted by molar-refractivity contribution is 5.83. The van der Waals surface area contributed by atoms with Crippen molar-refractivity contribution in [1.29, 1.82) is 0 Å². The van der Waals surface area contributed by atoms with E-state index >= 15 is 0 Å². The number of carbonyl (C=O) groups excluding carboxylic acids is 2. The summed E-state index contributed by atoms with van der Waals surface area (Å²) in [4.78, 5) is 23.4. The van der Waals surface area contributed by atoms with Gasteiger partial charge in [-0.25, -0.2) is 0 Å². The van der Waals surface area contributed by atoms with E-state index in [2.05, 4.69) is 10.9 Å². The molecule has 0 bridgehead atoms. The summed E-state index contributed by atoms with van der Waals surface area (Å²) in [6.45, 7) is 3.71. The average molecular weight is 312 g/mol. The summed E-state index contributed by atoms with van der Waals surface area (Å²) in [7, 11) is 0. The summed E-state index contributed by atoms with van der Waals surface area (Å²) in [5.74, 6) is -0.0284. The van der Waals surface area contributed by atoms with Crippen molar-refractivity contribution >= 4 is 11.8 Å². The topological polar surface area (TPSA) is 67.4 Å². The van der Waals surface area contributed by atoms with Crippen LogP contribution in [0.4, 0.5) is 0 Å². The van der Waals surface area contributed by atoms with Crippen molar-refractivity contribution in [2.75, 3.05) is 6.61 Å². The molecule has 2 amide bonds. The minimum atomic E-state index is -0.410. The van der Waals surface area contributed by atoms with Crippen molar-refractivity contribution < 1.29 is 14.3 Å². The molecule has 5 nitrogen and oxygen atoms in total. The number of amides is 2. The molecule has 23 heavy (non-hydrogen) atoms. The van der Waals surface area contributed by atoms with Gasteiger partial charge in [-0.1, -0.05) is 42.5 Å². The predicted octanol–water partition coefficient (Wildman–Crippen LogP) is 2.07. The first-order chi connectivity index (χ1) is 11.0. The van der Waals surface area contributed by atoms with E-state index in [1.54, 1.807) is 0 Å². The predicted molar refractivity (Wildman–Crippen MR) is 87.8 cm³/mol. The molecule has 0 fully saturated rings. The quantitative estimate of drug-likeness (QED) is 0.831. The fourth-order valence-electron chi connectivity index (χ4n) is 2.01. The molecule has 0 aromatic heterocycles. The number of rotatable bonds is 5. The molecule has 2 rings (SSSR count). The summed E-state index contributed by atoms with van der Waals surface area (Å²) in [6.07, 6.45) is 0.207. The molecular formula is C18H20N2O3. The van der Waals surface area contributed by atoms with Crippen LogP contribution >= 0.6 is 0 Å². The number of benzene rings is 2. The maximum absolute atomic E-state index is 11.7. The third-order valence-corrected chi connectivity index (χ3v) is 3.25. The fraction of sp³-hybridized carbons (Fsp3) is 0.222.